The lowest BCUT2D eigenvalue weighted by Crippen LogP contribution is -2.34. The normalized spacial score (nSPS) is 15.0. The first-order valence-corrected chi connectivity index (χ1v) is 7.12. The van der Waals surface area contributed by atoms with E-state index in [4.69, 9.17) is 0 Å². The van der Waals surface area contributed by atoms with E-state index < -0.39 is 17.0 Å². The summed E-state index contributed by atoms with van der Waals surface area (Å²) in [7, 11) is 0. The number of ketones is 2. The van der Waals surface area contributed by atoms with E-state index in [1.807, 2.05) is 44.2 Å². The largest absolute Gasteiger partial charge is 0.507 e. The number of aliphatic hydroxyl groups is 1. The highest BCUT2D eigenvalue weighted by Gasteiger charge is 2.41. The predicted molar refractivity (Wildman–Crippen MR) is 84.8 cm³/mol. The minimum absolute atomic E-state index is 0.103. The average Bonchev–Trinajstić information content (AvgIpc) is 2.53. The van der Waals surface area contributed by atoms with Gasteiger partial charge < -0.3 is 5.11 Å². The molecule has 0 spiro atoms. The molecule has 1 aliphatic carbocycles. The van der Waals surface area contributed by atoms with Gasteiger partial charge in [-0.15, -0.1) is 0 Å². The van der Waals surface area contributed by atoms with Crippen molar-refractivity contribution in [3.05, 3.63) is 76.9 Å². The van der Waals surface area contributed by atoms with Crippen LogP contribution in [0.3, 0.4) is 0 Å². The van der Waals surface area contributed by atoms with Crippen LogP contribution in [0.2, 0.25) is 0 Å². The van der Waals surface area contributed by atoms with E-state index in [9.17, 15) is 14.7 Å². The van der Waals surface area contributed by atoms with Crippen LogP contribution < -0.4 is 0 Å². The molecular formula is C19H16O3. The number of Topliss-reactive ketones (excluding diaryl/α,β-unsaturated/α-hetero) is 2. The molecule has 0 fully saturated rings. The highest BCUT2D eigenvalue weighted by molar-refractivity contribution is 6.52. The molecule has 0 aromatic heterocycles. The number of fused-ring (bicyclic) bond motifs is 1. The molecule has 0 saturated heterocycles. The molecule has 0 unspecified atom stereocenters. The number of rotatable bonds is 2. The first kappa shape index (κ1) is 14.3. The Morgan fingerprint density at radius 1 is 0.773 bits per heavy atom. The summed E-state index contributed by atoms with van der Waals surface area (Å²) in [6.45, 7) is 3.68. The Kier molecular flexibility index (Phi) is 3.21. The second-order valence-electron chi connectivity index (χ2n) is 5.92. The number of carbonyl (C=O) groups excluding carboxylic acids is 2. The average molecular weight is 292 g/mol. The van der Waals surface area contributed by atoms with Crippen LogP contribution in [0.5, 0.6) is 0 Å². The van der Waals surface area contributed by atoms with Gasteiger partial charge in [-0.05, 0) is 5.56 Å². The van der Waals surface area contributed by atoms with Crippen molar-refractivity contribution in [3.63, 3.8) is 0 Å². The highest BCUT2D eigenvalue weighted by Crippen LogP contribution is 2.39. The number of hydrogen-bond donors (Lipinski definition) is 1. The van der Waals surface area contributed by atoms with Crippen LogP contribution in [0.25, 0.3) is 5.76 Å². The third-order valence-corrected chi connectivity index (χ3v) is 4.22. The Balaban J connectivity index is 2.26. The molecule has 2 aromatic rings. The second kappa shape index (κ2) is 4.95. The van der Waals surface area contributed by atoms with Gasteiger partial charge in [-0.25, -0.2) is 0 Å². The molecule has 0 aliphatic heterocycles. The monoisotopic (exact) mass is 292 g/mol. The maximum atomic E-state index is 12.6. The molecule has 1 aliphatic rings. The van der Waals surface area contributed by atoms with Gasteiger partial charge in [-0.1, -0.05) is 68.4 Å². The van der Waals surface area contributed by atoms with Crippen LogP contribution in [0, 0.1) is 0 Å². The number of aliphatic hydroxyl groups excluding tert-OH is 1. The summed E-state index contributed by atoms with van der Waals surface area (Å²) >= 11 is 0. The zero-order valence-electron chi connectivity index (χ0n) is 12.5. The molecule has 0 heterocycles. The van der Waals surface area contributed by atoms with Crippen LogP contribution in [0.4, 0.5) is 0 Å². The van der Waals surface area contributed by atoms with Gasteiger partial charge in [-0.2, -0.15) is 0 Å². The molecule has 1 N–H and O–H groups in total. The lowest BCUT2D eigenvalue weighted by Gasteiger charge is -2.31. The Morgan fingerprint density at radius 2 is 1.32 bits per heavy atom. The molecule has 3 heteroatoms. The molecule has 0 radical (unpaired) electrons. The van der Waals surface area contributed by atoms with Gasteiger partial charge in [0.15, 0.2) is 0 Å². The van der Waals surface area contributed by atoms with Crippen molar-refractivity contribution in [2.24, 2.45) is 0 Å². The number of benzene rings is 2. The van der Waals surface area contributed by atoms with Crippen molar-refractivity contribution in [1.29, 1.82) is 0 Å². The maximum absolute atomic E-state index is 12.6. The van der Waals surface area contributed by atoms with E-state index in [0.29, 0.717) is 5.56 Å². The zero-order valence-corrected chi connectivity index (χ0v) is 12.5. The van der Waals surface area contributed by atoms with Gasteiger partial charge in [0.2, 0.25) is 11.6 Å². The zero-order chi connectivity index (χ0) is 15.9. The van der Waals surface area contributed by atoms with E-state index in [1.165, 1.54) is 0 Å². The maximum Gasteiger partial charge on any atom is 0.234 e. The summed E-state index contributed by atoms with van der Waals surface area (Å²) in [5, 5.41) is 10.6. The van der Waals surface area contributed by atoms with Crippen LogP contribution in [-0.4, -0.2) is 16.7 Å². The number of allylic oxidation sites excluding steroid dienone is 1. The van der Waals surface area contributed by atoms with Gasteiger partial charge in [-0.3, -0.25) is 9.59 Å². The summed E-state index contributed by atoms with van der Waals surface area (Å²) in [4.78, 5) is 24.9. The quantitative estimate of drug-likeness (QED) is 0.859. The van der Waals surface area contributed by atoms with Gasteiger partial charge >= 0.3 is 0 Å². The van der Waals surface area contributed by atoms with Gasteiger partial charge in [0.1, 0.15) is 5.76 Å². The number of hydrogen-bond acceptors (Lipinski definition) is 3. The minimum Gasteiger partial charge on any atom is -0.507 e. The second-order valence-corrected chi connectivity index (χ2v) is 5.92. The number of carbonyl (C=O) groups is 2. The summed E-state index contributed by atoms with van der Waals surface area (Å²) in [5.41, 5.74) is 0.953. The van der Waals surface area contributed by atoms with Crippen molar-refractivity contribution in [2.45, 2.75) is 19.3 Å². The summed E-state index contributed by atoms with van der Waals surface area (Å²) in [6.07, 6.45) is 0. The molecular weight excluding hydrogens is 276 g/mol. The van der Waals surface area contributed by atoms with Gasteiger partial charge in [0.25, 0.3) is 0 Å². The van der Waals surface area contributed by atoms with Gasteiger partial charge in [0.05, 0.1) is 5.57 Å². The van der Waals surface area contributed by atoms with Crippen molar-refractivity contribution >= 4 is 17.3 Å². The fraction of sp³-hybridized carbons (Fsp3) is 0.158. The summed E-state index contributed by atoms with van der Waals surface area (Å²) in [5.74, 6) is -1.30. The highest BCUT2D eigenvalue weighted by atomic mass is 16.3. The molecule has 0 saturated carbocycles. The molecule has 0 amide bonds. The van der Waals surface area contributed by atoms with E-state index in [-0.39, 0.29) is 16.9 Å². The molecule has 110 valence electrons. The van der Waals surface area contributed by atoms with Crippen LogP contribution in [-0.2, 0) is 10.2 Å². The lowest BCUT2D eigenvalue weighted by molar-refractivity contribution is -0.112. The summed E-state index contributed by atoms with van der Waals surface area (Å²) < 4.78 is 0. The van der Waals surface area contributed by atoms with Gasteiger partial charge in [0, 0.05) is 16.5 Å². The topological polar surface area (TPSA) is 54.4 Å². The first-order valence-electron chi connectivity index (χ1n) is 7.12. The Hall–Kier alpha value is -2.68. The van der Waals surface area contributed by atoms with Crippen molar-refractivity contribution in [3.8, 4) is 0 Å². The summed E-state index contributed by atoms with van der Waals surface area (Å²) in [6, 6.07) is 16.1. The van der Waals surface area contributed by atoms with Crippen molar-refractivity contribution < 1.29 is 14.7 Å². The molecule has 22 heavy (non-hydrogen) atoms. The van der Waals surface area contributed by atoms with E-state index in [1.54, 1.807) is 24.3 Å². The van der Waals surface area contributed by atoms with E-state index in [0.717, 1.165) is 5.56 Å². The van der Waals surface area contributed by atoms with Crippen molar-refractivity contribution in [1.82, 2.24) is 0 Å². The Labute approximate surface area is 128 Å². The van der Waals surface area contributed by atoms with Crippen molar-refractivity contribution in [2.75, 3.05) is 0 Å². The molecule has 3 nitrogen and oxygen atoms in total. The van der Waals surface area contributed by atoms with Crippen LogP contribution in [0.15, 0.2) is 60.2 Å². The SMILES string of the molecule is CC(C)(C1=C(O)c2ccccc2C(=O)C1=O)c1ccccc1. The Morgan fingerprint density at radius 3 is 1.95 bits per heavy atom. The fourth-order valence-electron chi connectivity index (χ4n) is 2.94. The lowest BCUT2D eigenvalue weighted by atomic mass is 9.71. The third-order valence-electron chi connectivity index (χ3n) is 4.22. The smallest absolute Gasteiger partial charge is 0.234 e. The molecule has 3 rings (SSSR count). The minimum atomic E-state index is -0.758. The molecule has 2 aromatic carbocycles. The van der Waals surface area contributed by atoms with Crippen LogP contribution >= 0.6 is 0 Å². The van der Waals surface area contributed by atoms with E-state index in [2.05, 4.69) is 0 Å². The Bertz CT molecular complexity index is 798. The van der Waals surface area contributed by atoms with Crippen LogP contribution in [0.1, 0.15) is 35.3 Å². The third kappa shape index (κ3) is 1.98. The first-order chi connectivity index (χ1) is 10.4. The fourth-order valence-corrected chi connectivity index (χ4v) is 2.94. The molecule has 0 bridgehead atoms. The van der Waals surface area contributed by atoms with E-state index >= 15 is 0 Å². The predicted octanol–water partition coefficient (Wildman–Crippen LogP) is 3.70. The standard InChI is InChI=1S/C19H16O3/c1-19(2,12-8-4-3-5-9-12)15-16(20)13-10-6-7-11-14(13)17(21)18(15)22/h3-11,20H,1-2H3. The molecule has 0 atom stereocenters.